The minimum absolute atomic E-state index is 0.153. The van der Waals surface area contributed by atoms with Gasteiger partial charge in [0, 0.05) is 0 Å². The van der Waals surface area contributed by atoms with Crippen molar-refractivity contribution in [1.82, 2.24) is 0 Å². The first kappa shape index (κ1) is 15.6. The van der Waals surface area contributed by atoms with E-state index in [0.29, 0.717) is 0 Å². The first-order chi connectivity index (χ1) is 8.83. The Morgan fingerprint density at radius 3 is 2.53 bits per heavy atom. The average Bonchev–Trinajstić information content (AvgIpc) is 2.30. The molecule has 1 nitrogen and oxygen atoms in total. The van der Waals surface area contributed by atoms with Crippen LogP contribution >= 0.6 is 0 Å². The zero-order chi connectivity index (χ0) is 14.5. The third kappa shape index (κ3) is 5.37. The molecule has 0 spiro atoms. The van der Waals surface area contributed by atoms with Crippen LogP contribution in [0.1, 0.15) is 43.7 Å². The Hall–Kier alpha value is -1.45. The lowest BCUT2D eigenvalue weighted by Gasteiger charge is -2.16. The Morgan fingerprint density at radius 2 is 1.95 bits per heavy atom. The first-order valence-electron chi connectivity index (χ1n) is 6.34. The molecule has 1 unspecified atom stereocenters. The standard InChI is InChI=1S/C15H19F3O/c1-4-5-6-7-11(2)14-10-13(9-8-12(14)3)19-15(16,17)18/h5-6,8-11H,4,7H2,1-3H3. The highest BCUT2D eigenvalue weighted by Gasteiger charge is 2.31. The second kappa shape index (κ2) is 6.64. The molecule has 0 aromatic heterocycles. The smallest absolute Gasteiger partial charge is 0.406 e. The van der Waals surface area contributed by atoms with Gasteiger partial charge in [0.15, 0.2) is 0 Å². The Labute approximate surface area is 112 Å². The fourth-order valence-electron chi connectivity index (χ4n) is 1.94. The van der Waals surface area contributed by atoms with Gasteiger partial charge in [0.25, 0.3) is 0 Å². The fourth-order valence-corrected chi connectivity index (χ4v) is 1.94. The second-order valence-corrected chi connectivity index (χ2v) is 4.58. The quantitative estimate of drug-likeness (QED) is 0.656. The summed E-state index contributed by atoms with van der Waals surface area (Å²) < 4.78 is 40.5. The van der Waals surface area contributed by atoms with Gasteiger partial charge in [0.2, 0.25) is 0 Å². The van der Waals surface area contributed by atoms with Crippen molar-refractivity contribution in [3.05, 3.63) is 41.5 Å². The number of hydrogen-bond acceptors (Lipinski definition) is 1. The third-order valence-electron chi connectivity index (χ3n) is 2.91. The summed E-state index contributed by atoms with van der Waals surface area (Å²) in [6, 6.07) is 4.49. The van der Waals surface area contributed by atoms with Gasteiger partial charge in [-0.3, -0.25) is 0 Å². The summed E-state index contributed by atoms with van der Waals surface area (Å²) in [4.78, 5) is 0. The molecule has 106 valence electrons. The maximum Gasteiger partial charge on any atom is 0.573 e. The molecule has 0 aliphatic rings. The maximum absolute atomic E-state index is 12.2. The van der Waals surface area contributed by atoms with Crippen LogP contribution in [0.25, 0.3) is 0 Å². The molecule has 4 heteroatoms. The van der Waals surface area contributed by atoms with E-state index >= 15 is 0 Å². The van der Waals surface area contributed by atoms with Crippen molar-refractivity contribution >= 4 is 0 Å². The summed E-state index contributed by atoms with van der Waals surface area (Å²) in [5, 5.41) is 0. The van der Waals surface area contributed by atoms with E-state index in [0.717, 1.165) is 24.0 Å². The molecule has 0 saturated carbocycles. The minimum Gasteiger partial charge on any atom is -0.406 e. The van der Waals surface area contributed by atoms with E-state index in [1.165, 1.54) is 12.1 Å². The third-order valence-corrected chi connectivity index (χ3v) is 2.91. The first-order valence-corrected chi connectivity index (χ1v) is 6.34. The molecule has 1 aromatic rings. The van der Waals surface area contributed by atoms with E-state index in [4.69, 9.17) is 0 Å². The predicted molar refractivity (Wildman–Crippen MR) is 70.3 cm³/mol. The molecule has 0 N–H and O–H groups in total. The number of hydrogen-bond donors (Lipinski definition) is 0. The molecule has 1 rings (SSSR count). The van der Waals surface area contributed by atoms with Crippen molar-refractivity contribution in [2.45, 2.75) is 45.9 Å². The second-order valence-electron chi connectivity index (χ2n) is 4.58. The van der Waals surface area contributed by atoms with Crippen molar-refractivity contribution in [2.24, 2.45) is 0 Å². The van der Waals surface area contributed by atoms with Crippen LogP contribution in [-0.4, -0.2) is 6.36 Å². The molecule has 0 fully saturated rings. The molecule has 0 aliphatic carbocycles. The molecular formula is C15H19F3O. The molecule has 0 bridgehead atoms. The van der Waals surface area contributed by atoms with Crippen molar-refractivity contribution < 1.29 is 17.9 Å². The van der Waals surface area contributed by atoms with Crippen LogP contribution in [0.3, 0.4) is 0 Å². The summed E-state index contributed by atoms with van der Waals surface area (Å²) in [6.45, 7) is 5.94. The highest BCUT2D eigenvalue weighted by molar-refractivity contribution is 5.37. The van der Waals surface area contributed by atoms with Crippen molar-refractivity contribution in [3.63, 3.8) is 0 Å². The van der Waals surface area contributed by atoms with Gasteiger partial charge in [-0.05, 0) is 48.9 Å². The number of rotatable bonds is 5. The molecule has 0 radical (unpaired) electrons. The van der Waals surface area contributed by atoms with Gasteiger partial charge in [-0.25, -0.2) is 0 Å². The molecule has 0 amide bonds. The molecule has 0 aliphatic heterocycles. The highest BCUT2D eigenvalue weighted by atomic mass is 19.4. The van der Waals surface area contributed by atoms with Gasteiger partial charge in [-0.2, -0.15) is 0 Å². The van der Waals surface area contributed by atoms with Gasteiger partial charge in [0.05, 0.1) is 0 Å². The monoisotopic (exact) mass is 272 g/mol. The topological polar surface area (TPSA) is 9.23 Å². The summed E-state index contributed by atoms with van der Waals surface area (Å²) in [5.41, 5.74) is 1.87. The van der Waals surface area contributed by atoms with Gasteiger partial charge < -0.3 is 4.74 Å². The minimum atomic E-state index is -4.64. The van der Waals surface area contributed by atoms with Crippen LogP contribution in [0.15, 0.2) is 30.4 Å². The van der Waals surface area contributed by atoms with Crippen molar-refractivity contribution in [3.8, 4) is 5.75 Å². The number of benzene rings is 1. The molecule has 0 heterocycles. The Bertz CT molecular complexity index is 436. The van der Waals surface area contributed by atoms with E-state index in [-0.39, 0.29) is 11.7 Å². The number of alkyl halides is 3. The van der Waals surface area contributed by atoms with Crippen LogP contribution in [0.5, 0.6) is 5.75 Å². The zero-order valence-corrected chi connectivity index (χ0v) is 11.4. The van der Waals surface area contributed by atoms with Crippen LogP contribution in [0.4, 0.5) is 13.2 Å². The number of ether oxygens (including phenoxy) is 1. The molecule has 1 atom stereocenters. The Morgan fingerprint density at radius 1 is 1.26 bits per heavy atom. The van der Waals surface area contributed by atoms with E-state index in [1.807, 2.05) is 20.8 Å². The normalized spacial score (nSPS) is 13.8. The maximum atomic E-state index is 12.2. The lowest BCUT2D eigenvalue weighted by atomic mass is 9.93. The fraction of sp³-hybridized carbons (Fsp3) is 0.467. The lowest BCUT2D eigenvalue weighted by Crippen LogP contribution is -2.17. The van der Waals surface area contributed by atoms with Crippen LogP contribution in [0.2, 0.25) is 0 Å². The Balaban J connectivity index is 2.87. The van der Waals surface area contributed by atoms with Gasteiger partial charge >= 0.3 is 6.36 Å². The SMILES string of the molecule is CCC=CCC(C)c1cc(OC(F)(F)F)ccc1C. The summed E-state index contributed by atoms with van der Waals surface area (Å²) in [6.07, 6.45) is 1.24. The Kier molecular flexibility index (Phi) is 5.45. The van der Waals surface area contributed by atoms with Crippen LogP contribution in [-0.2, 0) is 0 Å². The molecule has 19 heavy (non-hydrogen) atoms. The zero-order valence-electron chi connectivity index (χ0n) is 11.4. The predicted octanol–water partition coefficient (Wildman–Crippen LogP) is 5.35. The number of halogens is 3. The van der Waals surface area contributed by atoms with E-state index in [1.54, 1.807) is 6.07 Å². The van der Waals surface area contributed by atoms with Gasteiger partial charge in [0.1, 0.15) is 5.75 Å². The summed E-state index contributed by atoms with van der Waals surface area (Å²) >= 11 is 0. The lowest BCUT2D eigenvalue weighted by molar-refractivity contribution is -0.274. The van der Waals surface area contributed by atoms with E-state index in [2.05, 4.69) is 16.9 Å². The van der Waals surface area contributed by atoms with Crippen LogP contribution in [0, 0.1) is 6.92 Å². The summed E-state index contributed by atoms with van der Waals surface area (Å²) in [5.74, 6) is 0.0130. The summed E-state index contributed by atoms with van der Waals surface area (Å²) in [7, 11) is 0. The molecule has 0 saturated heterocycles. The van der Waals surface area contributed by atoms with Gasteiger partial charge in [-0.15, -0.1) is 13.2 Å². The highest BCUT2D eigenvalue weighted by Crippen LogP contribution is 2.30. The molecular weight excluding hydrogens is 253 g/mol. The van der Waals surface area contributed by atoms with Crippen molar-refractivity contribution in [2.75, 3.05) is 0 Å². The van der Waals surface area contributed by atoms with Crippen molar-refractivity contribution in [1.29, 1.82) is 0 Å². The number of aryl methyl sites for hydroxylation is 1. The van der Waals surface area contributed by atoms with E-state index < -0.39 is 6.36 Å². The van der Waals surface area contributed by atoms with E-state index in [9.17, 15) is 13.2 Å². The molecule has 1 aromatic carbocycles. The average molecular weight is 272 g/mol. The van der Waals surface area contributed by atoms with Crippen LogP contribution < -0.4 is 4.74 Å². The number of allylic oxidation sites excluding steroid dienone is 2. The van der Waals surface area contributed by atoms with Gasteiger partial charge in [-0.1, -0.05) is 32.1 Å². The largest absolute Gasteiger partial charge is 0.573 e.